The third-order valence-corrected chi connectivity index (χ3v) is 4.79. The summed E-state index contributed by atoms with van der Waals surface area (Å²) in [5, 5.41) is 1.11. The van der Waals surface area contributed by atoms with Gasteiger partial charge in [0.25, 0.3) is 10.1 Å². The second-order valence-electron chi connectivity index (χ2n) is 3.96. The molecule has 98 valence electrons. The molecule has 7 heteroatoms. The summed E-state index contributed by atoms with van der Waals surface area (Å²) in [5.41, 5.74) is 1.07. The first-order valence-corrected chi connectivity index (χ1v) is 8.74. The number of aryl methyl sites for hydroxylation is 1. The maximum Gasteiger partial charge on any atom is 0.264 e. The van der Waals surface area contributed by atoms with E-state index in [9.17, 15) is 8.42 Å². The highest BCUT2D eigenvalue weighted by Gasteiger charge is 2.09. The van der Waals surface area contributed by atoms with Crippen molar-refractivity contribution in [3.05, 3.63) is 32.4 Å². The van der Waals surface area contributed by atoms with Crippen molar-refractivity contribution < 1.29 is 13.0 Å². The van der Waals surface area contributed by atoms with Crippen molar-refractivity contribution in [3.8, 4) is 0 Å². The van der Waals surface area contributed by atoms with Crippen LogP contribution in [0.25, 0.3) is 10.9 Å². The molecule has 1 heterocycles. The number of nitrogens with zero attached hydrogens (tertiary/aromatic N) is 1. The van der Waals surface area contributed by atoms with Crippen LogP contribution in [0.1, 0.15) is 6.42 Å². The fourth-order valence-electron chi connectivity index (χ4n) is 1.84. The van der Waals surface area contributed by atoms with Gasteiger partial charge < -0.3 is 4.57 Å². The molecule has 1 N–H and O–H groups in total. The minimum atomic E-state index is -3.87. The largest absolute Gasteiger partial charge is 0.336 e. The third-order valence-electron chi connectivity index (χ3n) is 2.60. The summed E-state index contributed by atoms with van der Waals surface area (Å²) >= 11 is 5.64. The molecule has 1 aromatic heterocycles. The Bertz CT molecular complexity index is 681. The molecule has 1 aromatic carbocycles. The van der Waals surface area contributed by atoms with E-state index in [0.29, 0.717) is 13.0 Å². The minimum Gasteiger partial charge on any atom is -0.336 e. The van der Waals surface area contributed by atoms with Crippen LogP contribution in [0.2, 0.25) is 0 Å². The zero-order valence-corrected chi connectivity index (χ0v) is 13.9. The summed E-state index contributed by atoms with van der Waals surface area (Å²) in [5.74, 6) is -0.209. The Hall–Kier alpha value is -0.120. The minimum absolute atomic E-state index is 0.209. The lowest BCUT2D eigenvalue weighted by atomic mass is 10.2. The second kappa shape index (κ2) is 5.48. The van der Waals surface area contributed by atoms with Gasteiger partial charge in [-0.15, -0.1) is 0 Å². The molecule has 0 aliphatic carbocycles. The summed E-state index contributed by atoms with van der Waals surface area (Å²) in [7, 11) is -3.87. The van der Waals surface area contributed by atoms with E-state index in [2.05, 4.69) is 38.5 Å². The van der Waals surface area contributed by atoms with Gasteiger partial charge in [-0.3, -0.25) is 4.55 Å². The third kappa shape index (κ3) is 3.46. The number of hydrogen-bond donors (Lipinski definition) is 1. The maximum atomic E-state index is 10.7. The molecule has 0 saturated heterocycles. The number of fused-ring (bicyclic) bond motifs is 1. The second-order valence-corrected chi connectivity index (χ2v) is 7.55. The van der Waals surface area contributed by atoms with Crippen molar-refractivity contribution in [3.63, 3.8) is 0 Å². The molecule has 2 rings (SSSR count). The van der Waals surface area contributed by atoms with Gasteiger partial charge in [0, 0.05) is 21.9 Å². The molecule has 0 spiro atoms. The van der Waals surface area contributed by atoms with Gasteiger partial charge >= 0.3 is 0 Å². The van der Waals surface area contributed by atoms with Gasteiger partial charge in [0.2, 0.25) is 0 Å². The van der Waals surface area contributed by atoms with E-state index in [-0.39, 0.29) is 5.75 Å². The molecule has 0 saturated carbocycles. The smallest absolute Gasteiger partial charge is 0.264 e. The predicted octanol–water partition coefficient (Wildman–Crippen LogP) is 3.29. The van der Waals surface area contributed by atoms with E-state index in [1.165, 1.54) is 0 Å². The summed E-state index contributed by atoms with van der Waals surface area (Å²) in [4.78, 5) is 0. The van der Waals surface area contributed by atoms with Crippen LogP contribution < -0.4 is 0 Å². The van der Waals surface area contributed by atoms with E-state index in [4.69, 9.17) is 4.55 Å². The summed E-state index contributed by atoms with van der Waals surface area (Å²) in [6.07, 6.45) is 0.397. The van der Waals surface area contributed by atoms with Gasteiger partial charge in [-0.1, -0.05) is 15.9 Å². The Morgan fingerprint density at radius 2 is 2.06 bits per heavy atom. The molecule has 2 aromatic rings. The molecule has 0 bridgehead atoms. The van der Waals surface area contributed by atoms with Crippen LogP contribution in [0.5, 0.6) is 0 Å². The van der Waals surface area contributed by atoms with E-state index < -0.39 is 10.1 Å². The molecule has 0 fully saturated rings. The van der Waals surface area contributed by atoms with Crippen LogP contribution in [-0.2, 0) is 16.7 Å². The van der Waals surface area contributed by atoms with Gasteiger partial charge in [0.15, 0.2) is 0 Å². The topological polar surface area (TPSA) is 59.3 Å². The molecule has 0 unspecified atom stereocenters. The average Bonchev–Trinajstić information content (AvgIpc) is 2.52. The summed E-state index contributed by atoms with van der Waals surface area (Å²) in [6, 6.07) is 8.03. The van der Waals surface area contributed by atoms with Crippen molar-refractivity contribution >= 4 is 59.5 Å². The van der Waals surface area contributed by atoms with Gasteiger partial charge in [0.05, 0.1) is 9.45 Å². The predicted molar refractivity (Wildman–Crippen MR) is 83.4 cm³/mol. The van der Waals surface area contributed by atoms with Gasteiger partial charge in [0.1, 0.15) is 0 Å². The highest BCUT2D eigenvalue weighted by atomic mass is 127. The van der Waals surface area contributed by atoms with E-state index in [1.54, 1.807) is 0 Å². The van der Waals surface area contributed by atoms with Crippen LogP contribution in [0, 0.1) is 3.70 Å². The average molecular weight is 444 g/mol. The standard InChI is InChI=1S/C11H11BrINO3S/c12-9-2-3-10-8(6-9)7-11(13)14(10)4-1-5-18(15,16)17/h2-3,6-7H,1,4-5H2,(H,15,16,17). The molecule has 18 heavy (non-hydrogen) atoms. The quantitative estimate of drug-likeness (QED) is 0.582. The van der Waals surface area contributed by atoms with Crippen LogP contribution in [0.3, 0.4) is 0 Å². The summed E-state index contributed by atoms with van der Waals surface area (Å²) in [6.45, 7) is 0.573. The fraction of sp³-hybridized carbons (Fsp3) is 0.273. The molecule has 0 atom stereocenters. The summed E-state index contributed by atoms with van der Waals surface area (Å²) < 4.78 is 34.2. The van der Waals surface area contributed by atoms with Gasteiger partial charge in [-0.05, 0) is 53.3 Å². The van der Waals surface area contributed by atoms with Crippen molar-refractivity contribution in [1.29, 1.82) is 0 Å². The Morgan fingerprint density at radius 3 is 2.72 bits per heavy atom. The lowest BCUT2D eigenvalue weighted by Gasteiger charge is -2.06. The lowest BCUT2D eigenvalue weighted by Crippen LogP contribution is -2.08. The van der Waals surface area contributed by atoms with Crippen LogP contribution in [0.15, 0.2) is 28.7 Å². The van der Waals surface area contributed by atoms with Crippen LogP contribution >= 0.6 is 38.5 Å². The Labute approximate surface area is 127 Å². The molecule has 4 nitrogen and oxygen atoms in total. The number of halogens is 2. The monoisotopic (exact) mass is 443 g/mol. The molecular weight excluding hydrogens is 433 g/mol. The lowest BCUT2D eigenvalue weighted by molar-refractivity contribution is 0.478. The first-order valence-electron chi connectivity index (χ1n) is 5.26. The Balaban J connectivity index is 2.25. The Morgan fingerprint density at radius 1 is 1.33 bits per heavy atom. The van der Waals surface area contributed by atoms with E-state index in [0.717, 1.165) is 19.1 Å². The Kier molecular flexibility index (Phi) is 4.35. The highest BCUT2D eigenvalue weighted by molar-refractivity contribution is 14.1. The first-order chi connectivity index (χ1) is 8.37. The van der Waals surface area contributed by atoms with Crippen LogP contribution in [-0.4, -0.2) is 23.3 Å². The molecule has 0 aliphatic rings. The number of aromatic nitrogens is 1. The molecule has 0 amide bonds. The molecule has 0 radical (unpaired) electrons. The number of rotatable bonds is 4. The maximum absolute atomic E-state index is 10.7. The van der Waals surface area contributed by atoms with Crippen molar-refractivity contribution in [1.82, 2.24) is 4.57 Å². The normalized spacial score (nSPS) is 12.2. The molecule has 0 aliphatic heterocycles. The van der Waals surface area contributed by atoms with Gasteiger partial charge in [-0.2, -0.15) is 8.42 Å². The first kappa shape index (κ1) is 14.3. The van der Waals surface area contributed by atoms with Crippen molar-refractivity contribution in [2.75, 3.05) is 5.75 Å². The zero-order chi connectivity index (χ0) is 13.3. The van der Waals surface area contributed by atoms with E-state index in [1.807, 2.05) is 28.8 Å². The SMILES string of the molecule is O=S(=O)(O)CCCn1c(I)cc2cc(Br)ccc21. The number of hydrogen-bond acceptors (Lipinski definition) is 2. The highest BCUT2D eigenvalue weighted by Crippen LogP contribution is 2.25. The number of benzene rings is 1. The zero-order valence-electron chi connectivity index (χ0n) is 9.31. The van der Waals surface area contributed by atoms with Crippen molar-refractivity contribution in [2.45, 2.75) is 13.0 Å². The van der Waals surface area contributed by atoms with E-state index >= 15 is 0 Å². The fourth-order valence-corrected chi connectivity index (χ4v) is 3.55. The van der Waals surface area contributed by atoms with Gasteiger partial charge in [-0.25, -0.2) is 0 Å². The van der Waals surface area contributed by atoms with Crippen LogP contribution in [0.4, 0.5) is 0 Å². The van der Waals surface area contributed by atoms with Crippen molar-refractivity contribution in [2.24, 2.45) is 0 Å². The molecular formula is C11H11BrINO3S.